The van der Waals surface area contributed by atoms with Crippen molar-refractivity contribution in [1.82, 2.24) is 0 Å². The number of hydrogen-bond donors (Lipinski definition) is 4. The highest BCUT2D eigenvalue weighted by atomic mass is 16.3. The number of aliphatic hydroxyl groups excluding tert-OH is 2. The molecule has 6 N–H and O–H groups in total. The molecule has 0 rings (SSSR count). The molecule has 0 heterocycles. The molecule has 0 saturated heterocycles. The lowest BCUT2D eigenvalue weighted by Crippen LogP contribution is -2.29. The van der Waals surface area contributed by atoms with Crippen LogP contribution >= 0.6 is 0 Å². The highest BCUT2D eigenvalue weighted by Crippen LogP contribution is 2.00. The minimum absolute atomic E-state index is 0.0185. The third kappa shape index (κ3) is 13.8. The number of aliphatic hydroxyl groups is 2. The average molecular weight is 220 g/mol. The largest absolute Gasteiger partial charge is 0.395 e. The van der Waals surface area contributed by atoms with Gasteiger partial charge in [0.15, 0.2) is 0 Å². The lowest BCUT2D eigenvalue weighted by Gasteiger charge is -2.10. The smallest absolute Gasteiger partial charge is 0.0585 e. The van der Waals surface area contributed by atoms with E-state index in [2.05, 4.69) is 13.8 Å². The Kier molecular flexibility index (Phi) is 11.9. The first-order valence-electron chi connectivity index (χ1n) is 5.57. The maximum Gasteiger partial charge on any atom is 0.0585 e. The first-order valence-corrected chi connectivity index (χ1v) is 5.57. The summed E-state index contributed by atoms with van der Waals surface area (Å²) in [5.74, 6) is 0.988. The van der Waals surface area contributed by atoms with Crippen molar-refractivity contribution in [3.63, 3.8) is 0 Å². The van der Waals surface area contributed by atoms with E-state index >= 15 is 0 Å². The van der Waals surface area contributed by atoms with Crippen LogP contribution < -0.4 is 11.5 Å². The van der Waals surface area contributed by atoms with Gasteiger partial charge >= 0.3 is 0 Å². The third-order valence-corrected chi connectivity index (χ3v) is 2.08. The SMILES string of the molecule is CC(C)C(N)CO.CC(C)CC(N)CO. The van der Waals surface area contributed by atoms with Crippen molar-refractivity contribution in [2.24, 2.45) is 23.3 Å². The molecule has 0 spiro atoms. The van der Waals surface area contributed by atoms with Gasteiger partial charge in [0.2, 0.25) is 0 Å². The molecule has 0 aliphatic rings. The standard InChI is InChI=1S/C6H15NO.C5H13NO/c1-5(2)3-6(7)4-8;1-4(2)5(6)3-7/h5-6,8H,3-4,7H2,1-2H3;4-5,7H,3,6H2,1-2H3. The molecular weight excluding hydrogens is 192 g/mol. The Bertz CT molecular complexity index is 130. The zero-order valence-corrected chi connectivity index (χ0v) is 10.5. The zero-order chi connectivity index (χ0) is 12.4. The van der Waals surface area contributed by atoms with Crippen LogP contribution in [0.4, 0.5) is 0 Å². The fraction of sp³-hybridized carbons (Fsp3) is 1.00. The zero-order valence-electron chi connectivity index (χ0n) is 10.5. The molecule has 15 heavy (non-hydrogen) atoms. The first kappa shape index (κ1) is 17.2. The van der Waals surface area contributed by atoms with Gasteiger partial charge in [0.1, 0.15) is 0 Å². The van der Waals surface area contributed by atoms with Crippen LogP contribution in [0.25, 0.3) is 0 Å². The van der Waals surface area contributed by atoms with Gasteiger partial charge in [-0.15, -0.1) is 0 Å². The topological polar surface area (TPSA) is 92.5 Å². The van der Waals surface area contributed by atoms with E-state index in [-0.39, 0.29) is 25.3 Å². The summed E-state index contributed by atoms with van der Waals surface area (Å²) < 4.78 is 0. The van der Waals surface area contributed by atoms with Gasteiger partial charge in [0.25, 0.3) is 0 Å². The Labute approximate surface area is 93.7 Å². The second kappa shape index (κ2) is 10.4. The van der Waals surface area contributed by atoms with Crippen LogP contribution in [-0.2, 0) is 0 Å². The molecule has 94 valence electrons. The van der Waals surface area contributed by atoms with Gasteiger partial charge in [-0.05, 0) is 18.3 Å². The van der Waals surface area contributed by atoms with Crippen LogP contribution in [0.15, 0.2) is 0 Å². The minimum atomic E-state index is -0.0417. The van der Waals surface area contributed by atoms with Crippen LogP contribution in [0.5, 0.6) is 0 Å². The summed E-state index contributed by atoms with van der Waals surface area (Å²) in [6, 6.07) is -0.0602. The van der Waals surface area contributed by atoms with Crippen LogP contribution in [-0.4, -0.2) is 35.5 Å². The van der Waals surface area contributed by atoms with E-state index in [1.165, 1.54) is 0 Å². The fourth-order valence-electron chi connectivity index (χ4n) is 0.891. The van der Waals surface area contributed by atoms with Gasteiger partial charge < -0.3 is 21.7 Å². The quantitative estimate of drug-likeness (QED) is 0.536. The molecule has 0 saturated carbocycles. The third-order valence-electron chi connectivity index (χ3n) is 2.08. The van der Waals surface area contributed by atoms with E-state index in [0.29, 0.717) is 11.8 Å². The summed E-state index contributed by atoms with van der Waals surface area (Å²) in [6.07, 6.45) is 0.913. The second-order valence-corrected chi connectivity index (χ2v) is 4.66. The Hall–Kier alpha value is -0.160. The Morgan fingerprint density at radius 1 is 0.933 bits per heavy atom. The molecule has 0 aromatic carbocycles. The molecule has 2 unspecified atom stereocenters. The monoisotopic (exact) mass is 220 g/mol. The van der Waals surface area contributed by atoms with Gasteiger partial charge in [-0.1, -0.05) is 27.7 Å². The molecule has 4 nitrogen and oxygen atoms in total. The van der Waals surface area contributed by atoms with Gasteiger partial charge in [0.05, 0.1) is 13.2 Å². The van der Waals surface area contributed by atoms with E-state index in [0.717, 1.165) is 6.42 Å². The summed E-state index contributed by atoms with van der Waals surface area (Å²) in [5.41, 5.74) is 10.8. The Morgan fingerprint density at radius 3 is 1.47 bits per heavy atom. The maximum atomic E-state index is 8.46. The molecule has 0 aromatic rings. The van der Waals surface area contributed by atoms with Crippen molar-refractivity contribution in [3.8, 4) is 0 Å². The first-order chi connectivity index (χ1) is 6.84. The van der Waals surface area contributed by atoms with Gasteiger partial charge in [-0.3, -0.25) is 0 Å². The number of rotatable bonds is 5. The molecule has 4 heteroatoms. The van der Waals surface area contributed by atoms with Crippen molar-refractivity contribution < 1.29 is 10.2 Å². The minimum Gasteiger partial charge on any atom is -0.395 e. The molecule has 0 aliphatic carbocycles. The lowest BCUT2D eigenvalue weighted by atomic mass is 10.1. The predicted molar refractivity (Wildman–Crippen MR) is 64.4 cm³/mol. The van der Waals surface area contributed by atoms with Crippen molar-refractivity contribution in [3.05, 3.63) is 0 Å². The summed E-state index contributed by atoms with van der Waals surface area (Å²) >= 11 is 0. The van der Waals surface area contributed by atoms with E-state index in [1.807, 2.05) is 13.8 Å². The van der Waals surface area contributed by atoms with Crippen LogP contribution in [0, 0.1) is 11.8 Å². The van der Waals surface area contributed by atoms with Gasteiger partial charge in [0, 0.05) is 12.1 Å². The van der Waals surface area contributed by atoms with E-state index in [9.17, 15) is 0 Å². The van der Waals surface area contributed by atoms with Crippen LogP contribution in [0.1, 0.15) is 34.1 Å². The Balaban J connectivity index is 0. The summed E-state index contributed by atoms with van der Waals surface area (Å²) in [7, 11) is 0. The number of hydrogen-bond acceptors (Lipinski definition) is 4. The molecular formula is C11H28N2O2. The van der Waals surface area contributed by atoms with Crippen LogP contribution in [0.3, 0.4) is 0 Å². The number of nitrogens with two attached hydrogens (primary N) is 2. The predicted octanol–water partition coefficient (Wildman–Crippen LogP) is 0.314. The highest BCUT2D eigenvalue weighted by molar-refractivity contribution is 4.61. The molecule has 0 aromatic heterocycles. The van der Waals surface area contributed by atoms with Crippen molar-refractivity contribution in [2.75, 3.05) is 13.2 Å². The summed E-state index contributed by atoms with van der Waals surface area (Å²) in [4.78, 5) is 0. The molecule has 2 atom stereocenters. The maximum absolute atomic E-state index is 8.46. The second-order valence-electron chi connectivity index (χ2n) is 4.66. The van der Waals surface area contributed by atoms with Crippen molar-refractivity contribution in [1.29, 1.82) is 0 Å². The summed E-state index contributed by atoms with van der Waals surface area (Å²) in [5, 5.41) is 16.8. The lowest BCUT2D eigenvalue weighted by molar-refractivity contribution is 0.238. The average Bonchev–Trinajstić information content (AvgIpc) is 2.16. The Morgan fingerprint density at radius 2 is 1.40 bits per heavy atom. The molecule has 0 fully saturated rings. The highest BCUT2D eigenvalue weighted by Gasteiger charge is 2.03. The summed E-state index contributed by atoms with van der Waals surface area (Å²) in [6.45, 7) is 8.36. The van der Waals surface area contributed by atoms with Crippen molar-refractivity contribution in [2.45, 2.75) is 46.2 Å². The van der Waals surface area contributed by atoms with Gasteiger partial charge in [-0.2, -0.15) is 0 Å². The molecule has 0 bridgehead atoms. The molecule has 0 aliphatic heterocycles. The molecule has 0 radical (unpaired) electrons. The van der Waals surface area contributed by atoms with E-state index < -0.39 is 0 Å². The molecule has 0 amide bonds. The van der Waals surface area contributed by atoms with Crippen molar-refractivity contribution >= 4 is 0 Å². The van der Waals surface area contributed by atoms with E-state index in [1.54, 1.807) is 0 Å². The van der Waals surface area contributed by atoms with Gasteiger partial charge in [-0.25, -0.2) is 0 Å². The van der Waals surface area contributed by atoms with E-state index in [4.69, 9.17) is 21.7 Å². The van der Waals surface area contributed by atoms with Crippen LogP contribution in [0.2, 0.25) is 0 Å². The fourth-order valence-corrected chi connectivity index (χ4v) is 0.891. The normalized spacial score (nSPS) is 14.8.